The van der Waals surface area contributed by atoms with Crippen LogP contribution in [0.15, 0.2) is 196 Å². The smallest absolute Gasteiger partial charge is 0.366 e. The number of aromatic nitrogens is 3. The standard InChI is InChI=1S/C9H11NO2.C9H9NO.C8H5Br3O.C8H5Cl3O.2C8H8O.C3HCl2N3O3.4CH4.ClH/c1-9(12,8(10)11)7-5-3-2-4-6-7;1-9(11,7-10)8-5-3-2-4-6-8;2*9-8(10,11)7(12)6-4-2-1-3-5-6;2*1-7(9)8-5-3-2-4-6-8;4-7-1(9)6-2(10)8(5)3(7)11;;;;;/h2-6,12H,1H3,(H2,10,11);2-6,11H,1H3;2*1-5H;2*2-6H,1H3;(H,6,9,10);4*1H4;1H. The van der Waals surface area contributed by atoms with Gasteiger partial charge in [0, 0.05) is 45.8 Å². The number of aromatic amines is 1. The minimum atomic E-state index is -1.86. The highest BCUT2D eigenvalue weighted by atomic mass is 80.0. The molecule has 0 saturated heterocycles. The van der Waals surface area contributed by atoms with E-state index in [1.807, 2.05) is 91.0 Å². The molecule has 24 heteroatoms. The van der Waals surface area contributed by atoms with Gasteiger partial charge in [0.15, 0.2) is 24.9 Å². The van der Waals surface area contributed by atoms with E-state index in [-0.39, 0.29) is 67.6 Å². The van der Waals surface area contributed by atoms with Crippen LogP contribution in [0.3, 0.4) is 0 Å². The van der Waals surface area contributed by atoms with E-state index < -0.39 is 45.9 Å². The maximum absolute atomic E-state index is 11.5. The molecule has 0 radical (unpaired) electrons. The highest BCUT2D eigenvalue weighted by molar-refractivity contribution is 9.40. The maximum atomic E-state index is 11.5. The summed E-state index contributed by atoms with van der Waals surface area (Å²) in [7, 11) is 0. The molecular weight excluding hydrogens is 1370 g/mol. The number of rotatable bonds is 7. The molecule has 0 spiro atoms. The van der Waals surface area contributed by atoms with Crippen molar-refractivity contribution in [2.24, 2.45) is 5.73 Å². The third kappa shape index (κ3) is 31.5. The van der Waals surface area contributed by atoms with Gasteiger partial charge in [-0.2, -0.15) is 5.26 Å². The fourth-order valence-corrected chi connectivity index (χ4v) is 6.31. The molecular formula is C57H64Br3Cl6N5O10. The molecule has 440 valence electrons. The van der Waals surface area contributed by atoms with Crippen LogP contribution in [0.25, 0.3) is 0 Å². The van der Waals surface area contributed by atoms with Crippen molar-refractivity contribution < 1.29 is 34.2 Å². The number of nitrogens with one attached hydrogen (secondary N) is 1. The molecule has 1 heterocycles. The van der Waals surface area contributed by atoms with Crippen LogP contribution in [0.5, 0.6) is 0 Å². The quantitative estimate of drug-likeness (QED) is 0.0663. The second kappa shape index (κ2) is 41.5. The van der Waals surface area contributed by atoms with E-state index in [1.165, 1.54) is 13.8 Å². The number of nitrogens with zero attached hydrogens (tertiary/aromatic N) is 3. The van der Waals surface area contributed by atoms with Crippen LogP contribution in [0.1, 0.15) is 110 Å². The van der Waals surface area contributed by atoms with E-state index in [1.54, 1.807) is 116 Å². The first kappa shape index (κ1) is 84.3. The zero-order valence-corrected chi connectivity index (χ0v) is 50.2. The molecule has 6 aromatic carbocycles. The lowest BCUT2D eigenvalue weighted by Crippen LogP contribution is -2.43. The van der Waals surface area contributed by atoms with Gasteiger partial charge in [0.25, 0.3) is 9.70 Å². The topological polar surface area (TPSA) is 252 Å². The van der Waals surface area contributed by atoms with Crippen molar-refractivity contribution >= 4 is 148 Å². The number of hydrogen-bond acceptors (Lipinski definition) is 11. The number of alkyl halides is 6. The van der Waals surface area contributed by atoms with E-state index in [0.717, 1.165) is 11.1 Å². The summed E-state index contributed by atoms with van der Waals surface area (Å²) in [4.78, 5) is 88.3. The molecule has 0 aliphatic rings. The Kier molecular flexibility index (Phi) is 43.1. The maximum Gasteiger partial charge on any atom is 0.366 e. The van der Waals surface area contributed by atoms with E-state index in [2.05, 4.69) is 47.8 Å². The van der Waals surface area contributed by atoms with Gasteiger partial charge in [-0.05, 0) is 38.8 Å². The molecule has 0 aliphatic carbocycles. The Hall–Kier alpha value is -5.53. The minimum Gasteiger partial charge on any atom is -0.376 e. The average molecular weight is 1430 g/mol. The summed E-state index contributed by atoms with van der Waals surface area (Å²) in [6, 6.07) is 55.2. The van der Waals surface area contributed by atoms with Gasteiger partial charge >= 0.3 is 17.1 Å². The number of hydrogen-bond donors (Lipinski definition) is 4. The van der Waals surface area contributed by atoms with Crippen molar-refractivity contribution in [1.82, 2.24) is 13.2 Å². The van der Waals surface area contributed by atoms with Crippen molar-refractivity contribution in [3.05, 3.63) is 247 Å². The molecule has 7 aromatic rings. The molecule has 0 saturated carbocycles. The Morgan fingerprint density at radius 2 is 0.778 bits per heavy atom. The fraction of sp³-hybridized carbons (Fsp3) is 0.211. The monoisotopic (exact) mass is 1430 g/mol. The van der Waals surface area contributed by atoms with Gasteiger partial charge in [0.05, 0.1) is 0 Å². The zero-order valence-electron chi connectivity index (χ0n) is 40.8. The Morgan fingerprint density at radius 3 is 1.01 bits per heavy atom. The van der Waals surface area contributed by atoms with Crippen LogP contribution in [0.4, 0.5) is 0 Å². The third-order valence-electron chi connectivity index (χ3n) is 9.22. The highest BCUT2D eigenvalue weighted by Gasteiger charge is 2.32. The Morgan fingerprint density at radius 1 is 0.519 bits per heavy atom. The largest absolute Gasteiger partial charge is 0.376 e. The molecule has 2 atom stereocenters. The van der Waals surface area contributed by atoms with Crippen molar-refractivity contribution in [1.29, 1.82) is 5.26 Å². The first-order valence-electron chi connectivity index (χ1n) is 21.4. The molecule has 0 aliphatic heterocycles. The van der Waals surface area contributed by atoms with Gasteiger partial charge in [-0.15, -0.1) is 20.6 Å². The number of nitriles is 1. The summed E-state index contributed by atoms with van der Waals surface area (Å²) in [5, 5.41) is 27.6. The minimum absolute atomic E-state index is 0. The molecule has 5 N–H and O–H groups in total. The second-order valence-corrected chi connectivity index (χ2v) is 24.9. The number of halogens is 9. The predicted molar refractivity (Wildman–Crippen MR) is 343 cm³/mol. The van der Waals surface area contributed by atoms with Crippen LogP contribution < -0.4 is 22.8 Å². The van der Waals surface area contributed by atoms with E-state index in [4.69, 9.17) is 69.4 Å². The number of aliphatic hydroxyl groups is 2. The van der Waals surface area contributed by atoms with E-state index >= 15 is 0 Å². The number of nitrogens with two attached hydrogens (primary N) is 1. The van der Waals surface area contributed by atoms with Crippen LogP contribution in [0, 0.1) is 11.3 Å². The van der Waals surface area contributed by atoms with Gasteiger partial charge in [-0.25, -0.2) is 14.4 Å². The van der Waals surface area contributed by atoms with Crippen LogP contribution in [-0.2, 0) is 16.0 Å². The Balaban J connectivity index is -0.000000275. The predicted octanol–water partition coefficient (Wildman–Crippen LogP) is 14.2. The average Bonchev–Trinajstić information content (AvgIpc) is 3.41. The number of Topliss-reactive ketones (excluding diaryl/α,β-unsaturated/α-hetero) is 4. The number of carbonyl (C=O) groups excluding carboxylic acids is 5. The number of carbonyl (C=O) groups is 5. The molecule has 15 nitrogen and oxygen atoms in total. The second-order valence-electron chi connectivity index (χ2n) is 15.2. The molecule has 0 bridgehead atoms. The number of amides is 1. The zero-order chi connectivity index (χ0) is 57.9. The number of H-pyrrole nitrogens is 1. The number of ketones is 4. The first-order valence-corrected chi connectivity index (χ1v) is 25.6. The lowest BCUT2D eigenvalue weighted by Gasteiger charge is -2.18. The SMILES string of the molecule is C.C.C.C.CC(=O)c1ccccc1.CC(=O)c1ccccc1.CC(O)(C#N)c1ccccc1.CC(O)(C(N)=O)c1ccccc1.Cl.O=C(c1ccccc1)C(Br)(Br)Br.O=C(c1ccccc1)C(Cl)(Cl)Cl.O=c1[nH]c(=O)n(Cl)c(=O)n1Cl. The van der Waals surface area contributed by atoms with Crippen LogP contribution in [-0.4, -0.2) is 58.3 Å². The van der Waals surface area contributed by atoms with Crippen molar-refractivity contribution in [2.75, 3.05) is 0 Å². The molecule has 0 fully saturated rings. The summed E-state index contributed by atoms with van der Waals surface area (Å²) in [5.74, 6) is -1.06. The van der Waals surface area contributed by atoms with E-state index in [9.17, 15) is 48.6 Å². The van der Waals surface area contributed by atoms with Gasteiger partial charge in [0.2, 0.25) is 11.6 Å². The van der Waals surface area contributed by atoms with Crippen molar-refractivity contribution in [3.8, 4) is 6.07 Å². The normalized spacial score (nSPS) is 11.0. The summed E-state index contributed by atoms with van der Waals surface area (Å²) in [6.45, 7) is 5.98. The van der Waals surface area contributed by atoms with Gasteiger partial charge in [-0.3, -0.25) is 29.0 Å². The fourth-order valence-electron chi connectivity index (χ4n) is 5.02. The lowest BCUT2D eigenvalue weighted by molar-refractivity contribution is -0.135. The summed E-state index contributed by atoms with van der Waals surface area (Å²) >= 11 is 35.8. The summed E-state index contributed by atoms with van der Waals surface area (Å²) in [5.41, 5.74) is 2.71. The molecule has 81 heavy (non-hydrogen) atoms. The van der Waals surface area contributed by atoms with Gasteiger partial charge < -0.3 is 15.9 Å². The molecule has 1 amide bonds. The summed E-state index contributed by atoms with van der Waals surface area (Å²) in [6.07, 6.45) is 0. The summed E-state index contributed by atoms with van der Waals surface area (Å²) < 4.78 is -2.38. The van der Waals surface area contributed by atoms with Gasteiger partial charge in [0.1, 0.15) is 6.07 Å². The van der Waals surface area contributed by atoms with E-state index in [0.29, 0.717) is 22.3 Å². The lowest BCUT2D eigenvalue weighted by atomic mass is 9.96. The number of primary amides is 1. The third-order valence-corrected chi connectivity index (χ3v) is 11.4. The highest BCUT2D eigenvalue weighted by Crippen LogP contribution is 2.36. The van der Waals surface area contributed by atoms with Crippen molar-refractivity contribution in [3.63, 3.8) is 0 Å². The van der Waals surface area contributed by atoms with Crippen molar-refractivity contribution in [2.45, 2.75) is 74.5 Å². The Labute approximate surface area is 529 Å². The number of benzene rings is 6. The molecule has 2 unspecified atom stereocenters. The molecule has 1 aromatic heterocycles. The molecule has 7 rings (SSSR count). The van der Waals surface area contributed by atoms with Crippen LogP contribution in [0.2, 0.25) is 0 Å². The van der Waals surface area contributed by atoms with Crippen LogP contribution >= 0.6 is 119 Å². The first-order chi connectivity index (χ1) is 35.4. The van der Waals surface area contributed by atoms with Gasteiger partial charge in [-0.1, -0.05) is 294 Å². The Bertz CT molecular complexity index is 3030.